The van der Waals surface area contributed by atoms with E-state index in [-0.39, 0.29) is 11.3 Å². The highest BCUT2D eigenvalue weighted by molar-refractivity contribution is 6.28. The highest BCUT2D eigenvalue weighted by Crippen LogP contribution is 2.21. The number of para-hydroxylation sites is 1. The molecule has 0 bridgehead atoms. The van der Waals surface area contributed by atoms with E-state index in [2.05, 4.69) is 20.1 Å². The van der Waals surface area contributed by atoms with Crippen LogP contribution >= 0.6 is 11.6 Å². The molecule has 0 saturated heterocycles. The lowest BCUT2D eigenvalue weighted by Gasteiger charge is -2.07. The Balaban J connectivity index is 2.08. The fourth-order valence-electron chi connectivity index (χ4n) is 1.89. The average Bonchev–Trinajstić information content (AvgIpc) is 2.97. The molecule has 0 N–H and O–H groups in total. The first kappa shape index (κ1) is 13.5. The van der Waals surface area contributed by atoms with E-state index in [0.29, 0.717) is 18.1 Å². The van der Waals surface area contributed by atoms with Crippen molar-refractivity contribution in [1.82, 2.24) is 24.7 Å². The smallest absolute Gasteiger partial charge is 0.321 e. The third kappa shape index (κ3) is 2.85. The molecule has 0 atom stereocenters. The molecule has 1 aromatic carbocycles. The van der Waals surface area contributed by atoms with Crippen LogP contribution in [0.5, 0.6) is 6.01 Å². The van der Waals surface area contributed by atoms with Crippen molar-refractivity contribution in [2.45, 2.75) is 6.92 Å². The van der Waals surface area contributed by atoms with Crippen LogP contribution in [0.3, 0.4) is 0 Å². The van der Waals surface area contributed by atoms with E-state index < -0.39 is 0 Å². The van der Waals surface area contributed by atoms with Gasteiger partial charge in [0.2, 0.25) is 5.28 Å². The van der Waals surface area contributed by atoms with Crippen LogP contribution < -0.4 is 4.74 Å². The second-order valence-electron chi connectivity index (χ2n) is 4.11. The molecule has 0 aliphatic rings. The molecule has 21 heavy (non-hydrogen) atoms. The van der Waals surface area contributed by atoms with Gasteiger partial charge in [0.15, 0.2) is 5.82 Å². The number of benzene rings is 1. The third-order valence-electron chi connectivity index (χ3n) is 2.73. The van der Waals surface area contributed by atoms with Gasteiger partial charge in [0.1, 0.15) is 5.69 Å². The first-order valence-corrected chi connectivity index (χ1v) is 6.80. The molecule has 0 aliphatic carbocycles. The van der Waals surface area contributed by atoms with E-state index >= 15 is 0 Å². The number of rotatable bonds is 4. The number of hydrogen-bond donors (Lipinski definition) is 0. The SMILES string of the molecule is CCOc1nc(Cl)nc(-c2ccnn2-c2ccccc2)n1. The van der Waals surface area contributed by atoms with E-state index in [4.69, 9.17) is 16.3 Å². The summed E-state index contributed by atoms with van der Waals surface area (Å²) in [6.45, 7) is 2.31. The molecule has 2 aromatic heterocycles. The van der Waals surface area contributed by atoms with Gasteiger partial charge in [-0.05, 0) is 36.7 Å². The van der Waals surface area contributed by atoms with E-state index in [1.165, 1.54) is 0 Å². The summed E-state index contributed by atoms with van der Waals surface area (Å²) >= 11 is 5.93. The number of hydrogen-bond acceptors (Lipinski definition) is 5. The highest BCUT2D eigenvalue weighted by atomic mass is 35.5. The topological polar surface area (TPSA) is 65.7 Å². The second-order valence-corrected chi connectivity index (χ2v) is 4.45. The minimum atomic E-state index is 0.0873. The Bertz CT molecular complexity index is 744. The molecular weight excluding hydrogens is 290 g/mol. The molecule has 0 unspecified atom stereocenters. The summed E-state index contributed by atoms with van der Waals surface area (Å²) in [5.74, 6) is 0.416. The maximum Gasteiger partial charge on any atom is 0.321 e. The van der Waals surface area contributed by atoms with Gasteiger partial charge in [-0.3, -0.25) is 0 Å². The summed E-state index contributed by atoms with van der Waals surface area (Å²) in [7, 11) is 0. The summed E-state index contributed by atoms with van der Waals surface area (Å²) in [6, 6.07) is 11.7. The largest absolute Gasteiger partial charge is 0.464 e. The van der Waals surface area contributed by atoms with E-state index in [9.17, 15) is 0 Å². The number of nitrogens with zero attached hydrogens (tertiary/aromatic N) is 5. The fourth-order valence-corrected chi connectivity index (χ4v) is 2.04. The lowest BCUT2D eigenvalue weighted by Crippen LogP contribution is -2.05. The molecule has 0 amide bonds. The van der Waals surface area contributed by atoms with Gasteiger partial charge in [0.25, 0.3) is 0 Å². The van der Waals surface area contributed by atoms with Crippen LogP contribution in [-0.2, 0) is 0 Å². The number of aromatic nitrogens is 5. The maximum atomic E-state index is 5.93. The molecule has 7 heteroatoms. The van der Waals surface area contributed by atoms with Gasteiger partial charge >= 0.3 is 6.01 Å². The lowest BCUT2D eigenvalue weighted by atomic mass is 10.3. The van der Waals surface area contributed by atoms with Crippen molar-refractivity contribution >= 4 is 11.6 Å². The van der Waals surface area contributed by atoms with Crippen molar-refractivity contribution in [3.63, 3.8) is 0 Å². The van der Waals surface area contributed by atoms with Gasteiger partial charge in [0, 0.05) is 0 Å². The highest BCUT2D eigenvalue weighted by Gasteiger charge is 2.13. The fraction of sp³-hybridized carbons (Fsp3) is 0.143. The zero-order valence-electron chi connectivity index (χ0n) is 11.3. The molecule has 0 radical (unpaired) electrons. The van der Waals surface area contributed by atoms with E-state index in [1.54, 1.807) is 10.9 Å². The Labute approximate surface area is 126 Å². The molecule has 2 heterocycles. The predicted molar refractivity (Wildman–Crippen MR) is 78.6 cm³/mol. The Hall–Kier alpha value is -2.47. The summed E-state index contributed by atoms with van der Waals surface area (Å²) < 4.78 is 7.03. The first-order valence-electron chi connectivity index (χ1n) is 6.42. The monoisotopic (exact) mass is 301 g/mol. The zero-order chi connectivity index (χ0) is 14.7. The Morgan fingerprint density at radius 2 is 1.90 bits per heavy atom. The molecule has 3 rings (SSSR count). The van der Waals surface area contributed by atoms with Gasteiger partial charge in [-0.15, -0.1) is 0 Å². The molecule has 0 fully saturated rings. The van der Waals surface area contributed by atoms with E-state index in [1.807, 2.05) is 43.3 Å². The molecule has 106 valence electrons. The van der Waals surface area contributed by atoms with Crippen molar-refractivity contribution in [1.29, 1.82) is 0 Å². The van der Waals surface area contributed by atoms with Crippen molar-refractivity contribution in [2.24, 2.45) is 0 Å². The van der Waals surface area contributed by atoms with Crippen LogP contribution in [0.2, 0.25) is 5.28 Å². The Morgan fingerprint density at radius 1 is 1.10 bits per heavy atom. The van der Waals surface area contributed by atoms with E-state index in [0.717, 1.165) is 5.69 Å². The molecule has 6 nitrogen and oxygen atoms in total. The van der Waals surface area contributed by atoms with Crippen molar-refractivity contribution < 1.29 is 4.74 Å². The average molecular weight is 302 g/mol. The van der Waals surface area contributed by atoms with Crippen LogP contribution in [0.1, 0.15) is 6.92 Å². The van der Waals surface area contributed by atoms with Gasteiger partial charge in [-0.2, -0.15) is 20.1 Å². The van der Waals surface area contributed by atoms with Crippen LogP contribution in [0.25, 0.3) is 17.2 Å². The molecule has 0 aliphatic heterocycles. The van der Waals surface area contributed by atoms with Crippen molar-refractivity contribution in [3.05, 3.63) is 47.9 Å². The van der Waals surface area contributed by atoms with Crippen LogP contribution in [0, 0.1) is 0 Å². The maximum absolute atomic E-state index is 5.93. The Kier molecular flexibility index (Phi) is 3.79. The normalized spacial score (nSPS) is 10.6. The third-order valence-corrected chi connectivity index (χ3v) is 2.90. The molecule has 0 saturated carbocycles. The molecule has 0 spiro atoms. The van der Waals surface area contributed by atoms with Crippen LogP contribution in [0.15, 0.2) is 42.6 Å². The summed E-state index contributed by atoms with van der Waals surface area (Å²) in [6.07, 6.45) is 1.68. The van der Waals surface area contributed by atoms with Crippen molar-refractivity contribution in [3.8, 4) is 23.2 Å². The summed E-state index contributed by atoms with van der Waals surface area (Å²) in [4.78, 5) is 12.3. The minimum Gasteiger partial charge on any atom is -0.464 e. The first-order chi connectivity index (χ1) is 10.3. The number of halogens is 1. The Morgan fingerprint density at radius 3 is 2.67 bits per heavy atom. The van der Waals surface area contributed by atoms with Gasteiger partial charge in [0.05, 0.1) is 18.5 Å². The van der Waals surface area contributed by atoms with Gasteiger partial charge in [-0.1, -0.05) is 18.2 Å². The lowest BCUT2D eigenvalue weighted by molar-refractivity contribution is 0.312. The van der Waals surface area contributed by atoms with Gasteiger partial charge in [-0.25, -0.2) is 4.68 Å². The molecule has 3 aromatic rings. The standard InChI is InChI=1S/C14H12ClN5O/c1-2-21-14-18-12(17-13(15)19-14)11-8-9-16-20(11)10-6-4-3-5-7-10/h3-9H,2H2,1H3. The summed E-state index contributed by atoms with van der Waals surface area (Å²) in [5, 5.41) is 4.39. The predicted octanol–water partition coefficient (Wildman–Crippen LogP) is 2.78. The van der Waals surface area contributed by atoms with Crippen molar-refractivity contribution in [2.75, 3.05) is 6.61 Å². The zero-order valence-corrected chi connectivity index (χ0v) is 12.0. The minimum absolute atomic E-state index is 0.0873. The van der Waals surface area contributed by atoms with Gasteiger partial charge < -0.3 is 4.74 Å². The van der Waals surface area contributed by atoms with Crippen LogP contribution in [0.4, 0.5) is 0 Å². The van der Waals surface area contributed by atoms with Crippen LogP contribution in [-0.4, -0.2) is 31.3 Å². The quantitative estimate of drug-likeness (QED) is 0.741. The second kappa shape index (κ2) is 5.88. The molecular formula is C14H12ClN5O. The summed E-state index contributed by atoms with van der Waals surface area (Å²) in [5.41, 5.74) is 1.62. The number of ether oxygens (including phenoxy) is 1.